The normalized spacial score (nSPS) is 25.4. The highest BCUT2D eigenvalue weighted by Gasteiger charge is 2.48. The zero-order valence-corrected chi connectivity index (χ0v) is 11.2. The second-order valence-electron chi connectivity index (χ2n) is 4.67. The lowest BCUT2D eigenvalue weighted by Crippen LogP contribution is -2.50. The van der Waals surface area contributed by atoms with Gasteiger partial charge in [0.1, 0.15) is 5.54 Å². The first-order chi connectivity index (χ1) is 7.41. The van der Waals surface area contributed by atoms with E-state index in [1.807, 2.05) is 20.8 Å². The van der Waals surface area contributed by atoms with Crippen molar-refractivity contribution in [3.63, 3.8) is 0 Å². The fourth-order valence-corrected chi connectivity index (χ4v) is 2.63. The molecule has 0 aliphatic carbocycles. The highest BCUT2D eigenvalue weighted by Crippen LogP contribution is 2.26. The summed E-state index contributed by atoms with van der Waals surface area (Å²) in [6.07, 6.45) is 0. The zero-order chi connectivity index (χ0) is 12.3. The van der Waals surface area contributed by atoms with Crippen LogP contribution >= 0.6 is 11.8 Å². The molecule has 4 nitrogen and oxygen atoms in total. The lowest BCUT2D eigenvalue weighted by molar-refractivity contribution is -0.124. The maximum Gasteiger partial charge on any atom is 0.325 e. The quantitative estimate of drug-likeness (QED) is 0.749. The summed E-state index contributed by atoms with van der Waals surface area (Å²) in [5.41, 5.74) is -0.679. The van der Waals surface area contributed by atoms with Gasteiger partial charge in [-0.25, -0.2) is 4.79 Å². The Morgan fingerprint density at radius 3 is 2.56 bits per heavy atom. The summed E-state index contributed by atoms with van der Waals surface area (Å²) in [4.78, 5) is 25.2. The fraction of sp³-hybridized carbons (Fsp3) is 0.818. The van der Waals surface area contributed by atoms with Gasteiger partial charge in [0.25, 0.3) is 5.91 Å². The van der Waals surface area contributed by atoms with Gasteiger partial charge in [-0.3, -0.25) is 10.1 Å². The van der Waals surface area contributed by atoms with Crippen LogP contribution in [0.1, 0.15) is 27.7 Å². The molecule has 1 N–H and O–H groups in total. The number of imide groups is 1. The molecule has 1 aliphatic heterocycles. The van der Waals surface area contributed by atoms with Crippen LogP contribution in [-0.4, -0.2) is 40.4 Å². The Kier molecular flexibility index (Phi) is 4.24. The summed E-state index contributed by atoms with van der Waals surface area (Å²) in [6, 6.07) is -0.252. The highest BCUT2D eigenvalue weighted by atomic mass is 32.2. The van der Waals surface area contributed by atoms with Crippen LogP contribution < -0.4 is 5.32 Å². The third-order valence-electron chi connectivity index (χ3n) is 2.69. The van der Waals surface area contributed by atoms with E-state index in [1.165, 1.54) is 0 Å². The smallest absolute Gasteiger partial charge is 0.309 e. The van der Waals surface area contributed by atoms with Gasteiger partial charge in [-0.2, -0.15) is 11.8 Å². The summed E-state index contributed by atoms with van der Waals surface area (Å²) in [7, 11) is 0. The monoisotopic (exact) mass is 244 g/mol. The van der Waals surface area contributed by atoms with E-state index in [9.17, 15) is 9.59 Å². The van der Waals surface area contributed by atoms with Gasteiger partial charge in [-0.1, -0.05) is 20.8 Å². The Bertz CT molecular complexity index is 294. The molecule has 0 aromatic heterocycles. The second-order valence-corrected chi connectivity index (χ2v) is 5.95. The van der Waals surface area contributed by atoms with Gasteiger partial charge in [-0.05, 0) is 18.6 Å². The van der Waals surface area contributed by atoms with Crippen LogP contribution in [0.3, 0.4) is 0 Å². The van der Waals surface area contributed by atoms with Crippen LogP contribution in [0.4, 0.5) is 4.79 Å². The summed E-state index contributed by atoms with van der Waals surface area (Å²) < 4.78 is 0. The van der Waals surface area contributed by atoms with Crippen LogP contribution in [0.15, 0.2) is 0 Å². The summed E-state index contributed by atoms with van der Waals surface area (Å²) in [6.45, 7) is 8.61. The molecule has 0 saturated carbocycles. The van der Waals surface area contributed by atoms with Crippen LogP contribution in [-0.2, 0) is 4.79 Å². The standard InChI is InChI=1S/C11H20N2O2S/c1-5-16-7-11(4)9(14)12-10(15)13(11)6-8(2)3/h8H,5-7H2,1-4H3,(H,12,14,15)/t11-/m1/s1. The van der Waals surface area contributed by atoms with E-state index in [2.05, 4.69) is 12.2 Å². The molecule has 16 heavy (non-hydrogen) atoms. The highest BCUT2D eigenvalue weighted by molar-refractivity contribution is 7.99. The molecule has 0 unspecified atom stereocenters. The van der Waals surface area contributed by atoms with E-state index in [4.69, 9.17) is 0 Å². The molecule has 1 saturated heterocycles. The molecule has 1 atom stereocenters. The maximum atomic E-state index is 11.8. The lowest BCUT2D eigenvalue weighted by Gasteiger charge is -2.32. The predicted molar refractivity (Wildman–Crippen MR) is 66.5 cm³/mol. The first-order valence-corrected chi connectivity index (χ1v) is 6.78. The maximum absolute atomic E-state index is 11.8. The van der Waals surface area contributed by atoms with Crippen LogP contribution in [0.2, 0.25) is 0 Å². The van der Waals surface area contributed by atoms with E-state index in [-0.39, 0.29) is 11.9 Å². The molecule has 3 amide bonds. The summed E-state index contributed by atoms with van der Waals surface area (Å²) >= 11 is 1.69. The van der Waals surface area contributed by atoms with Gasteiger partial charge in [0.15, 0.2) is 0 Å². The molecule has 1 rings (SSSR count). The van der Waals surface area contributed by atoms with Gasteiger partial charge < -0.3 is 4.90 Å². The van der Waals surface area contributed by atoms with Crippen molar-refractivity contribution in [2.75, 3.05) is 18.1 Å². The number of nitrogens with zero attached hydrogens (tertiary/aromatic N) is 1. The molecule has 0 spiro atoms. The zero-order valence-electron chi connectivity index (χ0n) is 10.4. The van der Waals surface area contributed by atoms with Crippen LogP contribution in [0.5, 0.6) is 0 Å². The molecule has 0 radical (unpaired) electrons. The van der Waals surface area contributed by atoms with Gasteiger partial charge >= 0.3 is 6.03 Å². The molecular weight excluding hydrogens is 224 g/mol. The number of carbonyl (C=O) groups is 2. The molecule has 0 aromatic rings. The second kappa shape index (κ2) is 5.08. The van der Waals surface area contributed by atoms with Crippen molar-refractivity contribution >= 4 is 23.7 Å². The average Bonchev–Trinajstić information content (AvgIpc) is 2.39. The molecule has 1 aliphatic rings. The first kappa shape index (κ1) is 13.4. The van der Waals surface area contributed by atoms with Crippen molar-refractivity contribution in [1.82, 2.24) is 10.2 Å². The minimum absolute atomic E-state index is 0.167. The van der Waals surface area contributed by atoms with Crippen molar-refractivity contribution in [1.29, 1.82) is 0 Å². The molecule has 92 valence electrons. The van der Waals surface area contributed by atoms with E-state index < -0.39 is 5.54 Å². The Labute approximate surface area is 101 Å². The Balaban J connectivity index is 2.83. The van der Waals surface area contributed by atoms with Crippen LogP contribution in [0, 0.1) is 5.92 Å². The Morgan fingerprint density at radius 2 is 2.06 bits per heavy atom. The van der Waals surface area contributed by atoms with Gasteiger partial charge in [0.2, 0.25) is 0 Å². The van der Waals surface area contributed by atoms with Gasteiger partial charge in [0.05, 0.1) is 0 Å². The largest absolute Gasteiger partial charge is 0.325 e. The fourth-order valence-electron chi connectivity index (χ4n) is 1.74. The van der Waals surface area contributed by atoms with Crippen molar-refractivity contribution in [2.45, 2.75) is 33.2 Å². The molecule has 1 heterocycles. The molecular formula is C11H20N2O2S. The van der Waals surface area contributed by atoms with E-state index >= 15 is 0 Å². The van der Waals surface area contributed by atoms with Gasteiger partial charge in [0, 0.05) is 12.3 Å². The van der Waals surface area contributed by atoms with E-state index in [0.29, 0.717) is 18.2 Å². The van der Waals surface area contributed by atoms with Gasteiger partial charge in [-0.15, -0.1) is 0 Å². The third-order valence-corrected chi connectivity index (χ3v) is 3.86. The molecule has 0 aromatic carbocycles. The number of amides is 3. The topological polar surface area (TPSA) is 49.4 Å². The molecule has 0 bridgehead atoms. The minimum Gasteiger partial charge on any atom is -0.309 e. The predicted octanol–water partition coefficient (Wildman–Crippen LogP) is 1.71. The molecule has 1 fully saturated rings. The lowest BCUT2D eigenvalue weighted by atomic mass is 10.0. The number of hydrogen-bond acceptors (Lipinski definition) is 3. The van der Waals surface area contributed by atoms with Crippen molar-refractivity contribution in [3.05, 3.63) is 0 Å². The van der Waals surface area contributed by atoms with Crippen molar-refractivity contribution in [3.8, 4) is 0 Å². The summed E-state index contributed by atoms with van der Waals surface area (Å²) in [5, 5.41) is 2.41. The number of thioether (sulfide) groups is 1. The number of carbonyl (C=O) groups excluding carboxylic acids is 2. The van der Waals surface area contributed by atoms with Crippen LogP contribution in [0.25, 0.3) is 0 Å². The number of nitrogens with one attached hydrogen (secondary N) is 1. The molecule has 5 heteroatoms. The first-order valence-electron chi connectivity index (χ1n) is 5.62. The third kappa shape index (κ3) is 2.51. The average molecular weight is 244 g/mol. The van der Waals surface area contributed by atoms with Crippen molar-refractivity contribution in [2.24, 2.45) is 5.92 Å². The SMILES string of the molecule is CCSC[C@]1(C)C(=O)NC(=O)N1CC(C)C. The number of rotatable bonds is 5. The van der Waals surface area contributed by atoms with Crippen molar-refractivity contribution < 1.29 is 9.59 Å². The Hall–Kier alpha value is -0.710. The number of urea groups is 1. The van der Waals surface area contributed by atoms with E-state index in [1.54, 1.807) is 16.7 Å². The summed E-state index contributed by atoms with van der Waals surface area (Å²) in [5.74, 6) is 1.81. The minimum atomic E-state index is -0.679. The Morgan fingerprint density at radius 1 is 1.44 bits per heavy atom. The van der Waals surface area contributed by atoms with E-state index in [0.717, 1.165) is 5.75 Å². The number of hydrogen-bond donors (Lipinski definition) is 1.